The molecule has 0 N–H and O–H groups in total. The van der Waals surface area contributed by atoms with Crippen LogP contribution in [-0.2, 0) is 0 Å². The summed E-state index contributed by atoms with van der Waals surface area (Å²) in [5.74, 6) is 1.44. The van der Waals surface area contributed by atoms with Crippen LogP contribution in [0, 0.1) is 18.7 Å². The molecule has 0 radical (unpaired) electrons. The van der Waals surface area contributed by atoms with E-state index in [1.54, 1.807) is 12.1 Å². The van der Waals surface area contributed by atoms with Gasteiger partial charge in [-0.2, -0.15) is 0 Å². The number of piperidine rings is 1. The van der Waals surface area contributed by atoms with Gasteiger partial charge in [-0.15, -0.1) is 0 Å². The molecule has 5 heteroatoms. The summed E-state index contributed by atoms with van der Waals surface area (Å²) in [6, 6.07) is 11.8. The van der Waals surface area contributed by atoms with Crippen molar-refractivity contribution in [3.05, 3.63) is 59.4 Å². The summed E-state index contributed by atoms with van der Waals surface area (Å²) >= 11 is 0. The number of ketones is 1. The Balaban J connectivity index is 1.29. The smallest absolute Gasteiger partial charge is 0.166 e. The monoisotopic (exact) mass is 369 g/mol. The molecule has 2 heterocycles. The van der Waals surface area contributed by atoms with Crippen molar-refractivity contribution in [3.63, 3.8) is 0 Å². The van der Waals surface area contributed by atoms with E-state index in [2.05, 4.69) is 4.90 Å². The molecule has 1 fully saturated rings. The van der Waals surface area contributed by atoms with E-state index in [1.807, 2.05) is 25.1 Å². The molecule has 4 rings (SSSR count). The van der Waals surface area contributed by atoms with Crippen LogP contribution in [0.15, 0.2) is 42.5 Å². The van der Waals surface area contributed by atoms with Crippen molar-refractivity contribution in [2.24, 2.45) is 5.92 Å². The fourth-order valence-corrected chi connectivity index (χ4v) is 3.83. The summed E-state index contributed by atoms with van der Waals surface area (Å²) in [5.41, 5.74) is 1.76. The first kappa shape index (κ1) is 18.0. The third-order valence-electron chi connectivity index (χ3n) is 5.37. The SMILES string of the molecule is Cc1ccc2c(c1)OCC(CN1CCC(C(=O)c3ccc(F)cc3)CC1)O2. The normalized spacial score (nSPS) is 20.4. The average molecular weight is 369 g/mol. The largest absolute Gasteiger partial charge is 0.486 e. The van der Waals surface area contributed by atoms with Gasteiger partial charge in [0, 0.05) is 18.0 Å². The lowest BCUT2D eigenvalue weighted by Crippen LogP contribution is -2.45. The van der Waals surface area contributed by atoms with Gasteiger partial charge >= 0.3 is 0 Å². The molecule has 1 saturated heterocycles. The molecule has 0 spiro atoms. The number of hydrogen-bond acceptors (Lipinski definition) is 4. The molecule has 2 aliphatic heterocycles. The van der Waals surface area contributed by atoms with Gasteiger partial charge in [-0.3, -0.25) is 9.69 Å². The second-order valence-electron chi connectivity index (χ2n) is 7.45. The molecule has 0 aromatic heterocycles. The molecule has 1 unspecified atom stereocenters. The second kappa shape index (κ2) is 7.69. The standard InChI is InChI=1S/C22H24FNO3/c1-15-2-7-20-21(12-15)26-14-19(27-20)13-24-10-8-17(9-11-24)22(25)16-3-5-18(23)6-4-16/h2-7,12,17,19H,8-11,13-14H2,1H3. The van der Waals surface area contributed by atoms with Crippen molar-refractivity contribution in [1.82, 2.24) is 4.90 Å². The van der Waals surface area contributed by atoms with E-state index in [-0.39, 0.29) is 23.6 Å². The van der Waals surface area contributed by atoms with Crippen molar-refractivity contribution in [3.8, 4) is 11.5 Å². The Morgan fingerprint density at radius 3 is 2.59 bits per heavy atom. The molecule has 142 valence electrons. The molecule has 0 saturated carbocycles. The van der Waals surface area contributed by atoms with Gasteiger partial charge in [-0.1, -0.05) is 6.07 Å². The number of benzene rings is 2. The fraction of sp³-hybridized carbons (Fsp3) is 0.409. The van der Waals surface area contributed by atoms with E-state index in [1.165, 1.54) is 12.1 Å². The van der Waals surface area contributed by atoms with Gasteiger partial charge in [-0.25, -0.2) is 4.39 Å². The third-order valence-corrected chi connectivity index (χ3v) is 5.37. The number of fused-ring (bicyclic) bond motifs is 1. The van der Waals surface area contributed by atoms with Crippen LogP contribution in [0.2, 0.25) is 0 Å². The number of halogens is 1. The zero-order chi connectivity index (χ0) is 18.8. The molecule has 4 nitrogen and oxygen atoms in total. The Kier molecular flexibility index (Phi) is 5.12. The third kappa shape index (κ3) is 4.14. The van der Waals surface area contributed by atoms with Crippen LogP contribution in [0.25, 0.3) is 0 Å². The van der Waals surface area contributed by atoms with Crippen LogP contribution in [0.1, 0.15) is 28.8 Å². The van der Waals surface area contributed by atoms with Crippen LogP contribution in [-0.4, -0.2) is 43.0 Å². The minimum Gasteiger partial charge on any atom is -0.486 e. The maximum absolute atomic E-state index is 13.0. The summed E-state index contributed by atoms with van der Waals surface area (Å²) in [7, 11) is 0. The molecule has 0 aliphatic carbocycles. The molecule has 0 amide bonds. The fourth-order valence-electron chi connectivity index (χ4n) is 3.83. The number of aryl methyl sites for hydroxylation is 1. The number of carbonyl (C=O) groups is 1. The van der Waals surface area contributed by atoms with Crippen molar-refractivity contribution < 1.29 is 18.7 Å². The Morgan fingerprint density at radius 2 is 1.85 bits per heavy atom. The maximum Gasteiger partial charge on any atom is 0.166 e. The quantitative estimate of drug-likeness (QED) is 0.767. The molecule has 2 aromatic rings. The van der Waals surface area contributed by atoms with Gasteiger partial charge < -0.3 is 9.47 Å². The lowest BCUT2D eigenvalue weighted by atomic mass is 9.89. The van der Waals surface area contributed by atoms with E-state index in [0.717, 1.165) is 49.5 Å². The van der Waals surface area contributed by atoms with E-state index < -0.39 is 0 Å². The molecular formula is C22H24FNO3. The van der Waals surface area contributed by atoms with Gasteiger partial charge in [-0.05, 0) is 74.8 Å². The number of carbonyl (C=O) groups excluding carboxylic acids is 1. The number of nitrogens with zero attached hydrogens (tertiary/aromatic N) is 1. The van der Waals surface area contributed by atoms with Crippen molar-refractivity contribution in [1.29, 1.82) is 0 Å². The lowest BCUT2D eigenvalue weighted by molar-refractivity contribution is 0.0462. The van der Waals surface area contributed by atoms with E-state index in [0.29, 0.717) is 12.2 Å². The highest BCUT2D eigenvalue weighted by molar-refractivity contribution is 5.97. The summed E-state index contributed by atoms with van der Waals surface area (Å²) in [4.78, 5) is 14.9. The number of Topliss-reactive ketones (excluding diaryl/α,β-unsaturated/α-hetero) is 1. The van der Waals surface area contributed by atoms with Crippen LogP contribution in [0.3, 0.4) is 0 Å². The van der Waals surface area contributed by atoms with Gasteiger partial charge in [0.2, 0.25) is 0 Å². The molecule has 2 aliphatic rings. The first-order valence-corrected chi connectivity index (χ1v) is 9.51. The van der Waals surface area contributed by atoms with Gasteiger partial charge in [0.05, 0.1) is 0 Å². The first-order valence-electron chi connectivity index (χ1n) is 9.51. The summed E-state index contributed by atoms with van der Waals surface area (Å²) < 4.78 is 25.0. The van der Waals surface area contributed by atoms with Crippen LogP contribution in [0.5, 0.6) is 11.5 Å². The predicted octanol–water partition coefficient (Wildman–Crippen LogP) is 3.87. The van der Waals surface area contributed by atoms with Crippen molar-refractivity contribution >= 4 is 5.78 Å². The predicted molar refractivity (Wildman–Crippen MR) is 101 cm³/mol. The zero-order valence-electron chi connectivity index (χ0n) is 15.5. The lowest BCUT2D eigenvalue weighted by Gasteiger charge is -2.35. The van der Waals surface area contributed by atoms with Crippen LogP contribution in [0.4, 0.5) is 4.39 Å². The van der Waals surface area contributed by atoms with Gasteiger partial charge in [0.15, 0.2) is 17.3 Å². The number of likely N-dealkylation sites (tertiary alicyclic amines) is 1. The van der Waals surface area contributed by atoms with Crippen LogP contribution >= 0.6 is 0 Å². The number of rotatable bonds is 4. The Labute approximate surface area is 158 Å². The number of ether oxygens (including phenoxy) is 2. The first-order chi connectivity index (χ1) is 13.1. The Bertz CT molecular complexity index is 813. The Morgan fingerprint density at radius 1 is 1.11 bits per heavy atom. The highest BCUT2D eigenvalue weighted by atomic mass is 19.1. The van der Waals surface area contributed by atoms with E-state index in [9.17, 15) is 9.18 Å². The summed E-state index contributed by atoms with van der Waals surface area (Å²) in [6.45, 7) is 5.10. The van der Waals surface area contributed by atoms with Crippen molar-refractivity contribution in [2.75, 3.05) is 26.2 Å². The topological polar surface area (TPSA) is 38.8 Å². The zero-order valence-corrected chi connectivity index (χ0v) is 15.5. The highest BCUT2D eigenvalue weighted by Crippen LogP contribution is 2.33. The minimum absolute atomic E-state index is 0.00422. The summed E-state index contributed by atoms with van der Waals surface area (Å²) in [6.07, 6.45) is 1.64. The maximum atomic E-state index is 13.0. The molecule has 0 bridgehead atoms. The van der Waals surface area contributed by atoms with E-state index in [4.69, 9.17) is 9.47 Å². The second-order valence-corrected chi connectivity index (χ2v) is 7.45. The molecular weight excluding hydrogens is 345 g/mol. The average Bonchev–Trinajstić information content (AvgIpc) is 2.69. The highest BCUT2D eigenvalue weighted by Gasteiger charge is 2.29. The molecule has 1 atom stereocenters. The Hall–Kier alpha value is -2.40. The number of hydrogen-bond donors (Lipinski definition) is 0. The minimum atomic E-state index is -0.312. The van der Waals surface area contributed by atoms with E-state index >= 15 is 0 Å². The van der Waals surface area contributed by atoms with Crippen molar-refractivity contribution in [2.45, 2.75) is 25.9 Å². The van der Waals surface area contributed by atoms with Gasteiger partial charge in [0.25, 0.3) is 0 Å². The molecule has 2 aromatic carbocycles. The molecule has 27 heavy (non-hydrogen) atoms. The van der Waals surface area contributed by atoms with Crippen LogP contribution < -0.4 is 9.47 Å². The summed E-state index contributed by atoms with van der Waals surface area (Å²) in [5, 5.41) is 0. The van der Waals surface area contributed by atoms with Gasteiger partial charge in [0.1, 0.15) is 18.5 Å².